The second kappa shape index (κ2) is 2.82. The predicted molar refractivity (Wildman–Crippen MR) is 44.9 cm³/mol. The third-order valence-corrected chi connectivity index (χ3v) is 1.65. The molecule has 1 heterocycles. The van der Waals surface area contributed by atoms with Crippen LogP contribution >= 0.6 is 0 Å². The lowest BCUT2D eigenvalue weighted by molar-refractivity contribution is 1.07. The van der Waals surface area contributed by atoms with Gasteiger partial charge in [-0.05, 0) is 25.0 Å². The molecule has 1 aliphatic carbocycles. The van der Waals surface area contributed by atoms with Crippen molar-refractivity contribution in [2.75, 3.05) is 0 Å². The van der Waals surface area contributed by atoms with Gasteiger partial charge < -0.3 is 0 Å². The zero-order valence-electron chi connectivity index (χ0n) is 6.27. The van der Waals surface area contributed by atoms with Crippen LogP contribution in [0.2, 0.25) is 0 Å². The van der Waals surface area contributed by atoms with Crippen molar-refractivity contribution < 1.29 is 0 Å². The first-order valence-electron chi connectivity index (χ1n) is 3.89. The van der Waals surface area contributed by atoms with Crippen molar-refractivity contribution in [1.82, 2.24) is 4.98 Å². The summed E-state index contributed by atoms with van der Waals surface area (Å²) in [4.78, 5) is 8.45. The first-order chi connectivity index (χ1) is 5.45. The number of aromatic nitrogens is 1. The molecule has 0 aliphatic heterocycles. The molecule has 0 aromatic carbocycles. The van der Waals surface area contributed by atoms with E-state index in [1.54, 1.807) is 6.20 Å². The lowest BCUT2D eigenvalue weighted by Crippen LogP contribution is -1.86. The fourth-order valence-corrected chi connectivity index (χ4v) is 0.858. The van der Waals surface area contributed by atoms with Gasteiger partial charge in [-0.15, -0.1) is 0 Å². The topological polar surface area (TPSA) is 25.2 Å². The second-order valence-electron chi connectivity index (χ2n) is 2.76. The summed E-state index contributed by atoms with van der Waals surface area (Å²) in [5.41, 5.74) is 0.958. The van der Waals surface area contributed by atoms with Crippen LogP contribution in [0.4, 0.5) is 0 Å². The Morgan fingerprint density at radius 1 is 1.45 bits per heavy atom. The van der Waals surface area contributed by atoms with Gasteiger partial charge in [-0.25, -0.2) is 0 Å². The monoisotopic (exact) mass is 146 g/mol. The molecule has 0 atom stereocenters. The highest BCUT2D eigenvalue weighted by molar-refractivity contribution is 5.76. The Balaban J connectivity index is 2.05. The number of hydrogen-bond donors (Lipinski definition) is 0. The van der Waals surface area contributed by atoms with E-state index in [0.717, 1.165) is 5.69 Å². The Morgan fingerprint density at radius 3 is 3.00 bits per heavy atom. The average Bonchev–Trinajstić information content (AvgIpc) is 2.86. The number of nitrogens with zero attached hydrogens (tertiary/aromatic N) is 2. The summed E-state index contributed by atoms with van der Waals surface area (Å²) in [6.45, 7) is 0. The summed E-state index contributed by atoms with van der Waals surface area (Å²) in [5, 5.41) is 0. The van der Waals surface area contributed by atoms with Crippen LogP contribution < -0.4 is 0 Å². The van der Waals surface area contributed by atoms with Gasteiger partial charge in [-0.1, -0.05) is 6.07 Å². The summed E-state index contributed by atoms with van der Waals surface area (Å²) in [6, 6.07) is 6.44. The summed E-state index contributed by atoms with van der Waals surface area (Å²) in [7, 11) is 0. The Morgan fingerprint density at radius 2 is 2.36 bits per heavy atom. The van der Waals surface area contributed by atoms with Crippen LogP contribution in [-0.4, -0.2) is 17.2 Å². The fraction of sp³-hybridized carbons (Fsp3) is 0.333. The first-order valence-corrected chi connectivity index (χ1v) is 3.89. The van der Waals surface area contributed by atoms with Gasteiger partial charge in [0.1, 0.15) is 0 Å². The number of rotatable bonds is 2. The van der Waals surface area contributed by atoms with E-state index < -0.39 is 0 Å². The van der Waals surface area contributed by atoms with Gasteiger partial charge in [-0.2, -0.15) is 0 Å². The van der Waals surface area contributed by atoms with E-state index >= 15 is 0 Å². The van der Waals surface area contributed by atoms with E-state index in [-0.39, 0.29) is 0 Å². The van der Waals surface area contributed by atoms with E-state index in [9.17, 15) is 0 Å². The summed E-state index contributed by atoms with van der Waals surface area (Å²) in [5.74, 6) is 0. The SMILES string of the molecule is C(=NC1CC1)c1ccccn1. The largest absolute Gasteiger partial charge is 0.288 e. The highest BCUT2D eigenvalue weighted by atomic mass is 14.8. The fourth-order valence-electron chi connectivity index (χ4n) is 0.858. The molecule has 56 valence electrons. The first kappa shape index (κ1) is 6.53. The molecular formula is C9H10N2. The smallest absolute Gasteiger partial charge is 0.0807 e. The van der Waals surface area contributed by atoms with Crippen molar-refractivity contribution in [3.8, 4) is 0 Å². The van der Waals surface area contributed by atoms with E-state index in [2.05, 4.69) is 9.98 Å². The summed E-state index contributed by atoms with van der Waals surface area (Å²) in [6.07, 6.45) is 6.15. The minimum absolute atomic E-state index is 0.594. The number of pyridine rings is 1. The standard InChI is InChI=1S/C9H10N2/c1-2-6-10-9(3-1)7-11-8-4-5-8/h1-3,6-8H,4-5H2. The van der Waals surface area contributed by atoms with Gasteiger partial charge in [0, 0.05) is 12.4 Å². The summed E-state index contributed by atoms with van der Waals surface area (Å²) < 4.78 is 0. The predicted octanol–water partition coefficient (Wildman–Crippen LogP) is 1.66. The molecule has 11 heavy (non-hydrogen) atoms. The van der Waals surface area contributed by atoms with Gasteiger partial charge >= 0.3 is 0 Å². The maximum atomic E-state index is 4.32. The van der Waals surface area contributed by atoms with Gasteiger partial charge in [0.2, 0.25) is 0 Å². The van der Waals surface area contributed by atoms with Crippen LogP contribution in [0.15, 0.2) is 29.4 Å². The molecule has 1 aromatic rings. The molecule has 0 radical (unpaired) electrons. The van der Waals surface area contributed by atoms with Gasteiger partial charge in [0.05, 0.1) is 11.7 Å². The lowest BCUT2D eigenvalue weighted by atomic mass is 10.4. The molecule has 2 rings (SSSR count). The third-order valence-electron chi connectivity index (χ3n) is 1.65. The number of aliphatic imine (C=N–C) groups is 1. The van der Waals surface area contributed by atoms with Crippen molar-refractivity contribution in [2.24, 2.45) is 4.99 Å². The maximum absolute atomic E-state index is 4.32. The quantitative estimate of drug-likeness (QED) is 0.582. The molecule has 2 nitrogen and oxygen atoms in total. The molecule has 1 saturated carbocycles. The Labute approximate surface area is 66.0 Å². The maximum Gasteiger partial charge on any atom is 0.0807 e. The van der Waals surface area contributed by atoms with Gasteiger partial charge in [0.15, 0.2) is 0 Å². The highest BCUT2D eigenvalue weighted by Gasteiger charge is 2.18. The van der Waals surface area contributed by atoms with Crippen molar-refractivity contribution >= 4 is 6.21 Å². The van der Waals surface area contributed by atoms with Crippen molar-refractivity contribution in [3.63, 3.8) is 0 Å². The normalized spacial score (nSPS) is 17.5. The highest BCUT2D eigenvalue weighted by Crippen LogP contribution is 2.22. The van der Waals surface area contributed by atoms with Crippen LogP contribution in [0.5, 0.6) is 0 Å². The molecule has 1 aromatic heterocycles. The van der Waals surface area contributed by atoms with Gasteiger partial charge in [0.25, 0.3) is 0 Å². The van der Waals surface area contributed by atoms with Crippen molar-refractivity contribution in [1.29, 1.82) is 0 Å². The van der Waals surface area contributed by atoms with Crippen molar-refractivity contribution in [2.45, 2.75) is 18.9 Å². The molecule has 0 saturated heterocycles. The van der Waals surface area contributed by atoms with Crippen molar-refractivity contribution in [3.05, 3.63) is 30.1 Å². The number of hydrogen-bond acceptors (Lipinski definition) is 2. The van der Waals surface area contributed by atoms with E-state index in [1.165, 1.54) is 12.8 Å². The molecule has 1 aliphatic rings. The zero-order valence-corrected chi connectivity index (χ0v) is 6.27. The Bertz CT molecular complexity index is 250. The van der Waals surface area contributed by atoms with E-state index in [4.69, 9.17) is 0 Å². The van der Waals surface area contributed by atoms with Crippen LogP contribution in [-0.2, 0) is 0 Å². The second-order valence-corrected chi connectivity index (χ2v) is 2.76. The van der Waals surface area contributed by atoms with Crippen LogP contribution in [0.1, 0.15) is 18.5 Å². The minimum atomic E-state index is 0.594. The van der Waals surface area contributed by atoms with E-state index in [0.29, 0.717) is 6.04 Å². The summed E-state index contributed by atoms with van der Waals surface area (Å²) >= 11 is 0. The molecule has 1 fully saturated rings. The van der Waals surface area contributed by atoms with Crippen LogP contribution in [0.25, 0.3) is 0 Å². The molecule has 0 spiro atoms. The van der Waals surface area contributed by atoms with Crippen LogP contribution in [0, 0.1) is 0 Å². The zero-order chi connectivity index (χ0) is 7.52. The molecular weight excluding hydrogens is 136 g/mol. The van der Waals surface area contributed by atoms with Crippen LogP contribution in [0.3, 0.4) is 0 Å². The minimum Gasteiger partial charge on any atom is -0.288 e. The van der Waals surface area contributed by atoms with Gasteiger partial charge in [-0.3, -0.25) is 9.98 Å². The molecule has 0 N–H and O–H groups in total. The molecule has 0 amide bonds. The Hall–Kier alpha value is -1.18. The molecule has 0 unspecified atom stereocenters. The third kappa shape index (κ3) is 1.87. The average molecular weight is 146 g/mol. The molecule has 2 heteroatoms. The Kier molecular flexibility index (Phi) is 1.68. The lowest BCUT2D eigenvalue weighted by Gasteiger charge is -1.88. The molecule has 0 bridgehead atoms. The van der Waals surface area contributed by atoms with E-state index in [1.807, 2.05) is 24.4 Å².